The molecule has 1 unspecified atom stereocenters. The van der Waals surface area contributed by atoms with Gasteiger partial charge in [-0.15, -0.1) is 0 Å². The number of rotatable bonds is 8. The van der Waals surface area contributed by atoms with Crippen LogP contribution in [0.25, 0.3) is 10.8 Å². The molecular formula is C21H28N2O5S. The Kier molecular flexibility index (Phi) is 6.16. The highest BCUT2D eigenvalue weighted by molar-refractivity contribution is 7.91. The van der Waals surface area contributed by atoms with Gasteiger partial charge in [0, 0.05) is 0 Å². The molecule has 7 nitrogen and oxygen atoms in total. The Bertz CT molecular complexity index is 1000. The molecule has 0 amide bonds. The van der Waals surface area contributed by atoms with E-state index in [1.54, 1.807) is 6.07 Å². The summed E-state index contributed by atoms with van der Waals surface area (Å²) in [6, 6.07) is 8.18. The van der Waals surface area contributed by atoms with Gasteiger partial charge in [0.25, 0.3) is 0 Å². The van der Waals surface area contributed by atoms with E-state index in [1.165, 1.54) is 6.07 Å². The smallest absolute Gasteiger partial charge is 0.302 e. The summed E-state index contributed by atoms with van der Waals surface area (Å²) in [5.74, 6) is -0.155. The topological polar surface area (TPSA) is 107 Å². The number of carbonyl (C=O) groups excluding carboxylic acids is 1. The maximum Gasteiger partial charge on any atom is 0.302 e. The van der Waals surface area contributed by atoms with Crippen molar-refractivity contribution in [2.24, 2.45) is 0 Å². The number of aliphatic hydroxyl groups is 1. The van der Waals surface area contributed by atoms with Crippen molar-refractivity contribution in [1.82, 2.24) is 4.72 Å². The molecule has 0 aliphatic carbocycles. The monoisotopic (exact) mass is 420 g/mol. The van der Waals surface area contributed by atoms with Crippen LogP contribution < -0.4 is 9.03 Å². The Hall–Kier alpha value is -2.16. The summed E-state index contributed by atoms with van der Waals surface area (Å²) in [5, 5.41) is 22.4. The second-order valence-electron chi connectivity index (χ2n) is 7.70. The van der Waals surface area contributed by atoms with Gasteiger partial charge in [0.05, 0.1) is 23.9 Å². The molecule has 0 saturated carbocycles. The summed E-state index contributed by atoms with van der Waals surface area (Å²) < 4.78 is 27.9. The van der Waals surface area contributed by atoms with Crippen molar-refractivity contribution in [3.63, 3.8) is 0 Å². The summed E-state index contributed by atoms with van der Waals surface area (Å²) in [6.07, 6.45) is 4.37. The van der Waals surface area contributed by atoms with Crippen molar-refractivity contribution in [3.05, 3.63) is 35.9 Å². The van der Waals surface area contributed by atoms with E-state index in [9.17, 15) is 23.4 Å². The van der Waals surface area contributed by atoms with Crippen LogP contribution in [0.2, 0.25) is 0 Å². The number of benzene rings is 2. The van der Waals surface area contributed by atoms with Gasteiger partial charge < -0.3 is 15.0 Å². The Morgan fingerprint density at radius 3 is 2.55 bits per heavy atom. The molecule has 1 heterocycles. The van der Waals surface area contributed by atoms with Crippen molar-refractivity contribution in [1.29, 1.82) is 0 Å². The number of hydrogen-bond donors (Lipinski definition) is 3. The van der Waals surface area contributed by atoms with Crippen LogP contribution in [0.1, 0.15) is 45.1 Å². The van der Waals surface area contributed by atoms with Gasteiger partial charge >= 0.3 is 10.2 Å². The molecule has 8 heteroatoms. The Balaban J connectivity index is 1.85. The van der Waals surface area contributed by atoms with Crippen molar-refractivity contribution < 1.29 is 23.4 Å². The number of aldehydes is 1. The highest BCUT2D eigenvalue weighted by atomic mass is 32.2. The number of nitrogens with zero attached hydrogens (tertiary/aromatic N) is 1. The van der Waals surface area contributed by atoms with Crippen LogP contribution in [-0.4, -0.2) is 43.1 Å². The lowest BCUT2D eigenvalue weighted by Crippen LogP contribution is -2.30. The average Bonchev–Trinajstić information content (AvgIpc) is 3.01. The second kappa shape index (κ2) is 8.30. The molecule has 1 saturated heterocycles. The second-order valence-corrected chi connectivity index (χ2v) is 9.33. The lowest BCUT2D eigenvalue weighted by Gasteiger charge is -2.25. The van der Waals surface area contributed by atoms with Gasteiger partial charge in [-0.2, -0.15) is 13.1 Å². The van der Waals surface area contributed by atoms with Crippen LogP contribution in [0.15, 0.2) is 30.3 Å². The fraction of sp³-hybridized carbons (Fsp3) is 0.476. The lowest BCUT2D eigenvalue weighted by atomic mass is 9.90. The molecule has 0 aromatic heterocycles. The minimum Gasteiger partial charge on any atom is -0.506 e. The fourth-order valence-corrected chi connectivity index (χ4v) is 5.17. The van der Waals surface area contributed by atoms with Gasteiger partial charge in [0.1, 0.15) is 12.0 Å². The highest BCUT2D eigenvalue weighted by Gasteiger charge is 2.36. The molecular weight excluding hydrogens is 392 g/mol. The van der Waals surface area contributed by atoms with Crippen molar-refractivity contribution in [2.45, 2.75) is 57.6 Å². The van der Waals surface area contributed by atoms with E-state index in [2.05, 4.69) is 4.72 Å². The molecule has 1 aliphatic heterocycles. The van der Waals surface area contributed by atoms with E-state index >= 15 is 0 Å². The zero-order valence-electron chi connectivity index (χ0n) is 16.8. The average molecular weight is 421 g/mol. The van der Waals surface area contributed by atoms with Crippen LogP contribution in [0, 0.1) is 0 Å². The summed E-state index contributed by atoms with van der Waals surface area (Å²) in [7, 11) is -3.87. The molecule has 0 spiro atoms. The van der Waals surface area contributed by atoms with E-state index in [0.29, 0.717) is 6.29 Å². The molecule has 2 aromatic carbocycles. The first kappa shape index (κ1) is 21.5. The number of nitrogens with one attached hydrogen (secondary N) is 1. The lowest BCUT2D eigenvalue weighted by molar-refractivity contribution is -0.108. The third-order valence-electron chi connectivity index (χ3n) is 5.81. The molecule has 158 valence electrons. The molecule has 0 bridgehead atoms. The van der Waals surface area contributed by atoms with Gasteiger partial charge in [-0.25, -0.2) is 0 Å². The predicted molar refractivity (Wildman–Crippen MR) is 113 cm³/mol. The van der Waals surface area contributed by atoms with Crippen LogP contribution in [0.5, 0.6) is 5.75 Å². The third kappa shape index (κ3) is 4.55. The predicted octanol–water partition coefficient (Wildman–Crippen LogP) is 2.64. The van der Waals surface area contributed by atoms with Gasteiger partial charge in [-0.3, -0.25) is 4.31 Å². The number of hydrogen-bond acceptors (Lipinski definition) is 5. The molecule has 2 aromatic rings. The van der Waals surface area contributed by atoms with Crippen LogP contribution >= 0.6 is 0 Å². The summed E-state index contributed by atoms with van der Waals surface area (Å²) >= 11 is 0. The molecule has 1 fully saturated rings. The minimum atomic E-state index is -3.87. The van der Waals surface area contributed by atoms with Gasteiger partial charge in [-0.1, -0.05) is 32.0 Å². The third-order valence-corrected chi connectivity index (χ3v) is 7.33. The minimum absolute atomic E-state index is 0.0583. The number of carbonyl (C=O) groups is 1. The summed E-state index contributed by atoms with van der Waals surface area (Å²) in [5.41, 5.74) is 0.608. The fourth-order valence-electron chi connectivity index (χ4n) is 3.77. The van der Waals surface area contributed by atoms with E-state index in [4.69, 9.17) is 0 Å². The number of aromatic hydroxyl groups is 1. The van der Waals surface area contributed by atoms with Crippen molar-refractivity contribution in [3.8, 4) is 5.75 Å². The zero-order chi connectivity index (χ0) is 21.2. The van der Waals surface area contributed by atoms with Crippen LogP contribution in [0.4, 0.5) is 5.69 Å². The van der Waals surface area contributed by atoms with E-state index < -0.39 is 21.9 Å². The molecule has 0 radical (unpaired) electrons. The van der Waals surface area contributed by atoms with Crippen LogP contribution in [-0.2, 0) is 21.4 Å². The van der Waals surface area contributed by atoms with E-state index in [0.717, 1.165) is 52.7 Å². The quantitative estimate of drug-likeness (QED) is 0.569. The van der Waals surface area contributed by atoms with E-state index in [-0.39, 0.29) is 18.0 Å². The van der Waals surface area contributed by atoms with Crippen LogP contribution in [0.3, 0.4) is 0 Å². The largest absolute Gasteiger partial charge is 0.506 e. The standard InChI is InChI=1S/C21H28N2O5S/c1-3-21(26,4-2)9-5-6-15-7-8-16-12-20(25)19(11-17(16)10-15)23-13-18(14-24)22-29(23,27)28/h7-8,10-12,14,18,22,25-26H,3-6,9,13H2,1-2H3. The zero-order valence-corrected chi connectivity index (χ0v) is 17.6. The maximum absolute atomic E-state index is 12.3. The van der Waals surface area contributed by atoms with Gasteiger partial charge in [-0.05, 0) is 60.6 Å². The van der Waals surface area contributed by atoms with E-state index in [1.807, 2.05) is 32.0 Å². The summed E-state index contributed by atoms with van der Waals surface area (Å²) in [4.78, 5) is 11.0. The first-order valence-corrected chi connectivity index (χ1v) is 11.4. The number of phenolic OH excluding ortho intramolecular Hbond substituents is 1. The molecule has 3 rings (SSSR count). The number of phenols is 1. The molecule has 1 aliphatic rings. The van der Waals surface area contributed by atoms with Crippen molar-refractivity contribution in [2.75, 3.05) is 10.8 Å². The number of fused-ring (bicyclic) bond motifs is 1. The summed E-state index contributed by atoms with van der Waals surface area (Å²) in [6.45, 7) is 3.92. The molecule has 29 heavy (non-hydrogen) atoms. The molecule has 1 atom stereocenters. The Labute approximate surface area is 171 Å². The Morgan fingerprint density at radius 1 is 1.21 bits per heavy atom. The number of anilines is 1. The highest BCUT2D eigenvalue weighted by Crippen LogP contribution is 2.35. The maximum atomic E-state index is 12.3. The van der Waals surface area contributed by atoms with Gasteiger partial charge in [0.2, 0.25) is 0 Å². The number of aryl methyl sites for hydroxylation is 1. The first-order chi connectivity index (χ1) is 13.7. The SMILES string of the molecule is CCC(O)(CC)CCCc1ccc2cc(O)c(N3CC(C=O)NS3(=O)=O)cc2c1. The first-order valence-electron chi connectivity index (χ1n) is 9.94. The molecule has 3 N–H and O–H groups in total. The Morgan fingerprint density at radius 2 is 1.93 bits per heavy atom. The van der Waals surface area contributed by atoms with Gasteiger partial charge in [0.15, 0.2) is 0 Å². The van der Waals surface area contributed by atoms with Crippen molar-refractivity contribution >= 4 is 33.0 Å². The normalized spacial score (nSPS) is 19.0.